The highest BCUT2D eigenvalue weighted by Gasteiger charge is 2.36. The molecule has 0 radical (unpaired) electrons. The maximum Gasteiger partial charge on any atom is 0.411 e. The Bertz CT molecular complexity index is 1280. The zero-order valence-electron chi connectivity index (χ0n) is 22.2. The summed E-state index contributed by atoms with van der Waals surface area (Å²) in [5.74, 6) is -0.454. The van der Waals surface area contributed by atoms with Gasteiger partial charge in [-0.2, -0.15) is 0 Å². The van der Waals surface area contributed by atoms with E-state index in [0.717, 1.165) is 22.5 Å². The Morgan fingerprint density at radius 3 is 2.49 bits per heavy atom. The fraction of sp³-hybridized carbons (Fsp3) is 0.345. The van der Waals surface area contributed by atoms with Crippen LogP contribution >= 0.6 is 0 Å². The smallest absolute Gasteiger partial charge is 0.411 e. The lowest BCUT2D eigenvalue weighted by atomic mass is 10.0. The second-order valence-electron chi connectivity index (χ2n) is 10.2. The number of amides is 1. The first-order valence-electron chi connectivity index (χ1n) is 12.3. The van der Waals surface area contributed by atoms with Crippen LogP contribution in [-0.2, 0) is 16.0 Å². The molecule has 0 saturated heterocycles. The van der Waals surface area contributed by atoms with Gasteiger partial charge in [0, 0.05) is 31.2 Å². The average Bonchev–Trinajstić information content (AvgIpc) is 3.24. The number of hydrogen-bond acceptors (Lipinski definition) is 7. The molecule has 0 saturated carbocycles. The molecule has 194 valence electrons. The van der Waals surface area contributed by atoms with Crippen LogP contribution in [0.15, 0.2) is 60.9 Å². The number of rotatable bonds is 6. The van der Waals surface area contributed by atoms with E-state index in [1.807, 2.05) is 27.8 Å². The summed E-state index contributed by atoms with van der Waals surface area (Å²) in [6.07, 6.45) is 2.74. The molecule has 3 aromatic rings. The van der Waals surface area contributed by atoms with Crippen molar-refractivity contribution < 1.29 is 19.1 Å². The summed E-state index contributed by atoms with van der Waals surface area (Å²) in [5.41, 5.74) is 5.70. The zero-order chi connectivity index (χ0) is 26.7. The number of anilines is 3. The van der Waals surface area contributed by atoms with Crippen LogP contribution in [0.5, 0.6) is 0 Å². The maximum atomic E-state index is 13.2. The lowest BCUT2D eigenvalue weighted by molar-refractivity contribution is 0.0182. The predicted molar refractivity (Wildman–Crippen MR) is 144 cm³/mol. The number of esters is 1. The Balaban J connectivity index is 1.63. The van der Waals surface area contributed by atoms with E-state index in [1.165, 1.54) is 12.7 Å². The van der Waals surface area contributed by atoms with E-state index in [1.54, 1.807) is 23.4 Å². The third-order valence-corrected chi connectivity index (χ3v) is 6.35. The van der Waals surface area contributed by atoms with Crippen molar-refractivity contribution in [3.8, 4) is 0 Å². The van der Waals surface area contributed by atoms with Crippen LogP contribution in [0, 0.1) is 6.92 Å². The zero-order valence-corrected chi connectivity index (χ0v) is 22.2. The molecule has 37 heavy (non-hydrogen) atoms. The topological polar surface area (TPSA) is 84.0 Å². The number of methoxy groups -OCH3 is 1. The molecule has 1 aliphatic heterocycles. The molecular formula is C29H34N4O4. The van der Waals surface area contributed by atoms with Crippen molar-refractivity contribution in [2.45, 2.75) is 45.9 Å². The Hall–Kier alpha value is -4.07. The van der Waals surface area contributed by atoms with Gasteiger partial charge in [0.1, 0.15) is 5.60 Å². The van der Waals surface area contributed by atoms with Crippen molar-refractivity contribution >= 4 is 29.1 Å². The number of hydrogen-bond donors (Lipinski definition) is 1. The van der Waals surface area contributed by atoms with Crippen molar-refractivity contribution in [2.24, 2.45) is 0 Å². The van der Waals surface area contributed by atoms with Gasteiger partial charge in [0.05, 0.1) is 37.1 Å². The van der Waals surface area contributed by atoms with E-state index >= 15 is 0 Å². The molecule has 1 aliphatic rings. The van der Waals surface area contributed by atoms with E-state index in [-0.39, 0.29) is 12.1 Å². The van der Waals surface area contributed by atoms with Crippen LogP contribution in [-0.4, -0.2) is 48.2 Å². The first-order chi connectivity index (χ1) is 17.6. The summed E-state index contributed by atoms with van der Waals surface area (Å²) in [6, 6.07) is 15.9. The fourth-order valence-electron chi connectivity index (χ4n) is 4.40. The third kappa shape index (κ3) is 5.85. The molecule has 8 heteroatoms. The van der Waals surface area contributed by atoms with E-state index in [2.05, 4.69) is 64.6 Å². The minimum Gasteiger partial charge on any atom is -0.465 e. The normalized spacial score (nSPS) is 14.6. The van der Waals surface area contributed by atoms with Crippen molar-refractivity contribution in [3.05, 3.63) is 83.2 Å². The number of aryl methyl sites for hydroxylation is 1. The summed E-state index contributed by atoms with van der Waals surface area (Å²) in [5, 5.41) is 3.30. The van der Waals surface area contributed by atoms with E-state index < -0.39 is 11.6 Å². The number of fused-ring (bicyclic) bond motifs is 1. The summed E-state index contributed by atoms with van der Waals surface area (Å²) < 4.78 is 10.6. The molecular weight excluding hydrogens is 468 g/mol. The number of carbonyl (C=O) groups is 2. The van der Waals surface area contributed by atoms with Gasteiger partial charge in [-0.3, -0.25) is 9.88 Å². The number of pyridine rings is 1. The van der Waals surface area contributed by atoms with Crippen molar-refractivity contribution in [1.29, 1.82) is 0 Å². The van der Waals surface area contributed by atoms with Crippen molar-refractivity contribution in [1.82, 2.24) is 9.88 Å². The van der Waals surface area contributed by atoms with Gasteiger partial charge in [-0.1, -0.05) is 23.8 Å². The first kappa shape index (κ1) is 26.0. The average molecular weight is 503 g/mol. The molecule has 0 unspecified atom stereocenters. The predicted octanol–water partition coefficient (Wildman–Crippen LogP) is 5.85. The van der Waals surface area contributed by atoms with Gasteiger partial charge in [0.25, 0.3) is 0 Å². The number of carbonyl (C=O) groups excluding carboxylic acids is 2. The standard InChI is InChI=1S/C29H34N4O4/c1-19-7-9-21(10-8-19)32(5)22-11-12-23-20(15-22)18-33(28(35)37-29(2,3)4)26(23)17-31-25-16-30-14-13-24(25)27(34)36-6/h7-16,26,31H,17-18H2,1-6H3/t26-/m0/s1. The van der Waals surface area contributed by atoms with E-state index in [4.69, 9.17) is 9.47 Å². The Morgan fingerprint density at radius 2 is 1.81 bits per heavy atom. The molecule has 0 aliphatic carbocycles. The van der Waals surface area contributed by atoms with Gasteiger partial charge < -0.3 is 19.7 Å². The summed E-state index contributed by atoms with van der Waals surface area (Å²) in [6.45, 7) is 8.42. The number of aromatic nitrogens is 1. The van der Waals surface area contributed by atoms with Gasteiger partial charge in [0.15, 0.2) is 0 Å². The molecule has 2 aromatic carbocycles. The molecule has 4 rings (SSSR count). The van der Waals surface area contributed by atoms with Crippen LogP contribution in [0.4, 0.5) is 21.9 Å². The maximum absolute atomic E-state index is 13.2. The van der Waals surface area contributed by atoms with Crippen LogP contribution in [0.2, 0.25) is 0 Å². The molecule has 0 spiro atoms. The van der Waals surface area contributed by atoms with Crippen LogP contribution in [0.25, 0.3) is 0 Å². The summed E-state index contributed by atoms with van der Waals surface area (Å²) in [4.78, 5) is 33.4. The Labute approximate surface area is 218 Å². The molecule has 1 aromatic heterocycles. The van der Waals surface area contributed by atoms with Crippen LogP contribution in [0.1, 0.15) is 53.9 Å². The second kappa shape index (κ2) is 10.5. The Kier molecular flexibility index (Phi) is 7.38. The van der Waals surface area contributed by atoms with Gasteiger partial charge >= 0.3 is 12.1 Å². The van der Waals surface area contributed by atoms with Gasteiger partial charge in [-0.15, -0.1) is 0 Å². The number of nitrogens with one attached hydrogen (secondary N) is 1. The van der Waals surface area contributed by atoms with Gasteiger partial charge in [0.2, 0.25) is 0 Å². The van der Waals surface area contributed by atoms with Crippen LogP contribution in [0.3, 0.4) is 0 Å². The third-order valence-electron chi connectivity index (χ3n) is 6.35. The molecule has 0 bridgehead atoms. The molecule has 1 amide bonds. The van der Waals surface area contributed by atoms with E-state index in [9.17, 15) is 9.59 Å². The highest BCUT2D eigenvalue weighted by atomic mass is 16.6. The molecule has 1 atom stereocenters. The minimum atomic E-state index is -0.623. The molecule has 2 heterocycles. The van der Waals surface area contributed by atoms with Crippen LogP contribution < -0.4 is 10.2 Å². The van der Waals surface area contributed by atoms with Crippen molar-refractivity contribution in [2.75, 3.05) is 30.9 Å². The Morgan fingerprint density at radius 1 is 1.11 bits per heavy atom. The van der Waals surface area contributed by atoms with E-state index in [0.29, 0.717) is 24.3 Å². The van der Waals surface area contributed by atoms with Gasteiger partial charge in [-0.05, 0) is 69.2 Å². The SMILES string of the molecule is COC(=O)c1ccncc1NC[C@H]1c2ccc(N(C)c3ccc(C)cc3)cc2CN1C(=O)OC(C)(C)C. The highest BCUT2D eigenvalue weighted by Crippen LogP contribution is 2.38. The number of ether oxygens (including phenoxy) is 2. The molecule has 8 nitrogen and oxygen atoms in total. The summed E-state index contributed by atoms with van der Waals surface area (Å²) in [7, 11) is 3.37. The molecule has 0 fully saturated rings. The number of benzene rings is 2. The minimum absolute atomic E-state index is 0.297. The number of nitrogens with zero attached hydrogens (tertiary/aromatic N) is 3. The summed E-state index contributed by atoms with van der Waals surface area (Å²) >= 11 is 0. The first-order valence-corrected chi connectivity index (χ1v) is 12.3. The second-order valence-corrected chi connectivity index (χ2v) is 10.2. The lowest BCUT2D eigenvalue weighted by Gasteiger charge is -2.29. The monoisotopic (exact) mass is 502 g/mol. The highest BCUT2D eigenvalue weighted by molar-refractivity contribution is 5.95. The van der Waals surface area contributed by atoms with Crippen molar-refractivity contribution in [3.63, 3.8) is 0 Å². The quantitative estimate of drug-likeness (QED) is 0.423. The largest absolute Gasteiger partial charge is 0.465 e. The lowest BCUT2D eigenvalue weighted by Crippen LogP contribution is -2.38. The molecule has 1 N–H and O–H groups in total. The van der Waals surface area contributed by atoms with Gasteiger partial charge in [-0.25, -0.2) is 9.59 Å². The fourth-order valence-corrected chi connectivity index (χ4v) is 4.40.